The molecule has 2 aromatic carbocycles. The highest BCUT2D eigenvalue weighted by Gasteiger charge is 2.35. The van der Waals surface area contributed by atoms with Crippen molar-refractivity contribution in [3.63, 3.8) is 0 Å². The number of nitrogens with one attached hydrogen (secondary N) is 1. The lowest BCUT2D eigenvalue weighted by atomic mass is 9.84. The van der Waals surface area contributed by atoms with Crippen molar-refractivity contribution >= 4 is 15.7 Å². The van der Waals surface area contributed by atoms with Gasteiger partial charge in [-0.1, -0.05) is 117 Å². The van der Waals surface area contributed by atoms with E-state index < -0.39 is 22.6 Å². The van der Waals surface area contributed by atoms with Crippen LogP contribution in [-0.2, 0) is 14.9 Å². The van der Waals surface area contributed by atoms with Crippen LogP contribution >= 0.6 is 0 Å². The fraction of sp³-hybridized carbons (Fsp3) is 0.615. The molecule has 5 nitrogen and oxygen atoms in total. The molecule has 0 bridgehead atoms. The van der Waals surface area contributed by atoms with Crippen LogP contribution in [0.5, 0.6) is 0 Å². The van der Waals surface area contributed by atoms with Crippen LogP contribution in [0.3, 0.4) is 0 Å². The smallest absolute Gasteiger partial charge is 0.389 e. The van der Waals surface area contributed by atoms with E-state index in [4.69, 9.17) is 4.84 Å². The van der Waals surface area contributed by atoms with Crippen LogP contribution < -0.4 is 4.72 Å². The maximum Gasteiger partial charge on any atom is 0.389 e. The van der Waals surface area contributed by atoms with E-state index in [0.717, 1.165) is 35.6 Å². The van der Waals surface area contributed by atoms with E-state index >= 15 is 0 Å². The van der Waals surface area contributed by atoms with E-state index in [1.54, 1.807) is 13.8 Å². The average molecular weight is 701 g/mol. The van der Waals surface area contributed by atoms with Crippen molar-refractivity contribution in [2.24, 2.45) is 22.4 Å². The lowest BCUT2D eigenvalue weighted by Gasteiger charge is -2.22. The van der Waals surface area contributed by atoms with E-state index in [9.17, 15) is 21.6 Å². The number of benzene rings is 2. The van der Waals surface area contributed by atoms with Crippen LogP contribution in [-0.4, -0.2) is 37.7 Å². The minimum atomic E-state index is -3.97. The van der Waals surface area contributed by atoms with Crippen LogP contribution in [0.4, 0.5) is 13.2 Å². The molecule has 0 radical (unpaired) electrons. The molecule has 0 saturated heterocycles. The van der Waals surface area contributed by atoms with Gasteiger partial charge in [0.2, 0.25) is 10.0 Å². The lowest BCUT2D eigenvalue weighted by Crippen LogP contribution is -2.32. The number of rotatable bonds is 7. The summed E-state index contributed by atoms with van der Waals surface area (Å²) in [5.41, 5.74) is 6.21. The third kappa shape index (κ3) is 20.0. The Kier molecular flexibility index (Phi) is 23.7. The molecule has 2 aliphatic carbocycles. The molecule has 2 aromatic rings. The first-order valence-electron chi connectivity index (χ1n) is 16.2. The Labute approximate surface area is 292 Å². The highest BCUT2D eigenvalue weighted by molar-refractivity contribution is 7.90. The quantitative estimate of drug-likeness (QED) is 0.197. The molecular formula is C39H67F3N2O3S. The Balaban J connectivity index is -0.000000586. The van der Waals surface area contributed by atoms with Gasteiger partial charge in [-0.3, -0.25) is 0 Å². The van der Waals surface area contributed by atoms with E-state index in [1.807, 2.05) is 39.8 Å². The zero-order valence-corrected chi connectivity index (χ0v) is 30.8. The Bertz CT molecular complexity index is 1240. The normalized spacial score (nSPS) is 13.1. The van der Waals surface area contributed by atoms with Crippen LogP contribution in [0.15, 0.2) is 66.8 Å². The Morgan fingerprint density at radius 1 is 0.812 bits per heavy atom. The molecular weight excluding hydrogens is 634 g/mol. The maximum absolute atomic E-state index is 11.4. The fourth-order valence-electron chi connectivity index (χ4n) is 3.51. The van der Waals surface area contributed by atoms with Gasteiger partial charge in [0.1, 0.15) is 11.8 Å². The number of fused-ring (bicyclic) bond motifs is 3. The van der Waals surface area contributed by atoms with Crippen molar-refractivity contribution < 1.29 is 26.4 Å². The van der Waals surface area contributed by atoms with E-state index in [2.05, 4.69) is 94.1 Å². The highest BCUT2D eigenvalue weighted by Crippen LogP contribution is 2.36. The van der Waals surface area contributed by atoms with Gasteiger partial charge in [0.15, 0.2) is 0 Å². The molecule has 9 heteroatoms. The van der Waals surface area contributed by atoms with Gasteiger partial charge >= 0.3 is 6.18 Å². The molecule has 2 aliphatic rings. The summed E-state index contributed by atoms with van der Waals surface area (Å²) in [7, 11) is -2.94. The first kappa shape index (κ1) is 49.7. The molecule has 0 aliphatic heterocycles. The molecule has 4 rings (SSSR count). The number of hydrogen-bond donors (Lipinski definition) is 1. The second kappa shape index (κ2) is 22.9. The Hall–Kier alpha value is -2.65. The van der Waals surface area contributed by atoms with Crippen molar-refractivity contribution in [3.05, 3.63) is 72.8 Å². The van der Waals surface area contributed by atoms with Crippen LogP contribution in [0.2, 0.25) is 0 Å². The number of alkyl halides is 3. The number of oxime groups is 1. The zero-order valence-electron chi connectivity index (χ0n) is 30.0. The predicted molar refractivity (Wildman–Crippen MR) is 203 cm³/mol. The van der Waals surface area contributed by atoms with Crippen LogP contribution in [0, 0.1) is 17.3 Å². The van der Waals surface area contributed by atoms with Gasteiger partial charge in [-0.15, -0.1) is 13.2 Å². The molecule has 1 saturated carbocycles. The number of halogens is 3. The van der Waals surface area contributed by atoms with Crippen molar-refractivity contribution in [1.29, 1.82) is 0 Å². The maximum atomic E-state index is 11.4. The minimum Gasteiger partial charge on any atom is -0.393 e. The molecule has 0 unspecified atom stereocenters. The van der Waals surface area contributed by atoms with Gasteiger partial charge in [0, 0.05) is 23.6 Å². The van der Waals surface area contributed by atoms with Crippen LogP contribution in [0.25, 0.3) is 11.1 Å². The van der Waals surface area contributed by atoms with E-state index in [-0.39, 0.29) is 44.6 Å². The van der Waals surface area contributed by atoms with Crippen molar-refractivity contribution in [2.75, 3.05) is 0 Å². The summed E-state index contributed by atoms with van der Waals surface area (Å²) < 4.78 is 59.0. The summed E-state index contributed by atoms with van der Waals surface area (Å²) >= 11 is 0. The Morgan fingerprint density at radius 2 is 1.19 bits per heavy atom. The van der Waals surface area contributed by atoms with Gasteiger partial charge in [0.25, 0.3) is 0 Å². The summed E-state index contributed by atoms with van der Waals surface area (Å²) in [5, 5.41) is 4.23. The minimum absolute atomic E-state index is 0. The molecule has 1 N–H and O–H groups in total. The van der Waals surface area contributed by atoms with Gasteiger partial charge in [-0.05, 0) is 75.3 Å². The molecule has 0 spiro atoms. The largest absolute Gasteiger partial charge is 0.393 e. The standard InChI is InChI=1S/C16H15NO.C7H16.C6H11F3.C6H13NO2S.C2H4.2CH4/c1-11(2)18-17-16-14-9-5-3-7-12(14)13-8-4-6-10-15(13)16;1-6(2)7(3,4)5;1-5(2)3-4-6(7,8)9;1-5(2)7-10(8,9)6-3-4-6;1-2;;/h3-11H,1-2H3;6H,1-5H3;5H,3-4H2,1-2H3;5-7H,3-4H2,1-2H3;1-2H2;2*1H4. The van der Waals surface area contributed by atoms with Crippen molar-refractivity contribution in [2.45, 2.75) is 140 Å². The monoisotopic (exact) mass is 700 g/mol. The number of nitrogens with zero attached hydrogens (tertiary/aromatic N) is 1. The number of hydrogen-bond acceptors (Lipinski definition) is 4. The first-order valence-corrected chi connectivity index (χ1v) is 17.7. The van der Waals surface area contributed by atoms with Gasteiger partial charge < -0.3 is 4.84 Å². The van der Waals surface area contributed by atoms with Crippen molar-refractivity contribution in [1.82, 2.24) is 4.72 Å². The SMILES string of the molecule is C.C.C=C.CC(C)C(C)(C)C.CC(C)CCC(F)(F)F.CC(C)NS(=O)(=O)C1CC1.CC(C)ON=C1c2ccccc2-c2ccccc21. The molecule has 0 heterocycles. The van der Waals surface area contributed by atoms with Crippen molar-refractivity contribution in [3.8, 4) is 11.1 Å². The van der Waals surface area contributed by atoms with Gasteiger partial charge in [-0.2, -0.15) is 13.2 Å². The zero-order chi connectivity index (χ0) is 35.9. The number of sulfonamides is 1. The van der Waals surface area contributed by atoms with E-state index in [0.29, 0.717) is 5.41 Å². The topological polar surface area (TPSA) is 67.8 Å². The molecule has 48 heavy (non-hydrogen) atoms. The molecule has 0 amide bonds. The summed E-state index contributed by atoms with van der Waals surface area (Å²) in [6.07, 6.45) is -2.61. The first-order chi connectivity index (χ1) is 21.2. The molecule has 278 valence electrons. The third-order valence-electron chi connectivity index (χ3n) is 7.11. The second-order valence-electron chi connectivity index (χ2n) is 13.8. The lowest BCUT2D eigenvalue weighted by molar-refractivity contribution is -0.137. The van der Waals surface area contributed by atoms with Crippen LogP contribution in [0.1, 0.15) is 128 Å². The molecule has 1 fully saturated rings. The van der Waals surface area contributed by atoms with Gasteiger partial charge in [0.05, 0.1) is 5.25 Å². The molecule has 0 aromatic heterocycles. The molecule has 0 atom stereocenters. The highest BCUT2D eigenvalue weighted by atomic mass is 32.2. The average Bonchev–Trinajstić information content (AvgIpc) is 3.76. The Morgan fingerprint density at radius 3 is 1.44 bits per heavy atom. The summed E-state index contributed by atoms with van der Waals surface area (Å²) in [5.74, 6) is 0.944. The third-order valence-corrected chi connectivity index (χ3v) is 9.26. The summed E-state index contributed by atoms with van der Waals surface area (Å²) in [6, 6.07) is 16.7. The second-order valence-corrected chi connectivity index (χ2v) is 15.8. The summed E-state index contributed by atoms with van der Waals surface area (Å²) in [6.45, 7) is 28.5. The van der Waals surface area contributed by atoms with Gasteiger partial charge in [-0.25, -0.2) is 13.1 Å². The van der Waals surface area contributed by atoms with E-state index in [1.165, 1.54) is 11.1 Å². The predicted octanol–water partition coefficient (Wildman–Crippen LogP) is 12.1. The summed E-state index contributed by atoms with van der Waals surface area (Å²) in [4.78, 5) is 5.43. The fourth-order valence-corrected chi connectivity index (χ4v) is 5.11.